The van der Waals surface area contributed by atoms with Crippen LogP contribution in [0.1, 0.15) is 261 Å². The monoisotopic (exact) mass is 2200 g/mol. The molecule has 0 unspecified atom stereocenters. The number of nitrogens with one attached hydrogen (secondary N) is 3. The predicted octanol–water partition coefficient (Wildman–Crippen LogP) is 20.0. The third-order valence-electron chi connectivity index (χ3n) is 27.9. The van der Waals surface area contributed by atoms with Crippen LogP contribution in [0, 0.1) is 84.8 Å². The van der Waals surface area contributed by atoms with Gasteiger partial charge < -0.3 is 74.0 Å². The van der Waals surface area contributed by atoms with Gasteiger partial charge in [0.2, 0.25) is 0 Å². The maximum Gasteiger partial charge on any atom is 1.00 e. The van der Waals surface area contributed by atoms with Crippen LogP contribution in [0.2, 0.25) is 0 Å². The summed E-state index contributed by atoms with van der Waals surface area (Å²) in [6, 6.07) is 50.4. The quantitative estimate of drug-likeness (QED) is 0.0493. The number of amides is 5. The fourth-order valence-corrected chi connectivity index (χ4v) is 19.3. The van der Waals surface area contributed by atoms with Crippen molar-refractivity contribution in [2.75, 3.05) is 112 Å². The van der Waals surface area contributed by atoms with E-state index in [-0.39, 0.29) is 122 Å². The second-order valence-corrected chi connectivity index (χ2v) is 36.5. The van der Waals surface area contributed by atoms with Crippen LogP contribution in [0.5, 0.6) is 34.5 Å². The molecule has 23 heteroatoms. The smallest absolute Gasteiger partial charge is 0.528 e. The molecule has 0 aromatic heterocycles. The van der Waals surface area contributed by atoms with Crippen LogP contribution in [0.25, 0.3) is 22.3 Å². The van der Waals surface area contributed by atoms with Gasteiger partial charge in [-0.1, -0.05) is 135 Å². The van der Waals surface area contributed by atoms with Crippen molar-refractivity contribution in [1.29, 1.82) is 0 Å². The summed E-state index contributed by atoms with van der Waals surface area (Å²) < 4.78 is 37.7. The van der Waals surface area contributed by atoms with Crippen LogP contribution < -0.4 is 39.6 Å². The molecule has 20 nitrogen and oxygen atoms in total. The third kappa shape index (κ3) is 22.9. The van der Waals surface area contributed by atoms with E-state index in [1.807, 2.05) is 187 Å². The molecule has 4 N–H and O–H groups in total. The van der Waals surface area contributed by atoms with Crippen molar-refractivity contribution < 1.29 is 128 Å². The van der Waals surface area contributed by atoms with Crippen LogP contribution in [-0.4, -0.2) is 199 Å². The number of rotatable bonds is 17. The molecule has 0 aliphatic carbocycles. The molecule has 8 aliphatic heterocycles. The number of methoxy groups -OCH3 is 1. The van der Waals surface area contributed by atoms with E-state index in [2.05, 4.69) is 126 Å². The Balaban J connectivity index is 0.000000183. The molecule has 5 amide bonds. The zero-order valence-corrected chi connectivity index (χ0v) is 89.3. The van der Waals surface area contributed by atoms with Gasteiger partial charge in [0, 0.05) is 205 Å². The Morgan fingerprint density at radius 2 is 0.737 bits per heavy atom. The normalized spacial score (nSPS) is 16.6. The molecule has 4 fully saturated rings. The Kier molecular flexibility index (Phi) is 36.4. The molecule has 8 aromatic carbocycles. The predicted molar refractivity (Wildman–Crippen MR) is 519 cm³/mol. The van der Waals surface area contributed by atoms with Crippen LogP contribution in [-0.2, 0) is 43.7 Å². The molecule has 8 aromatic rings. The molecule has 0 atom stereocenters. The van der Waals surface area contributed by atoms with E-state index in [0.29, 0.717) is 82.1 Å². The van der Waals surface area contributed by atoms with Crippen molar-refractivity contribution in [3.8, 4) is 34.5 Å². The number of phenolic OH excluding ortho intramolecular Hbond substituents is 1. The number of aromatic hydroxyl groups is 1. The molecular weight excluding hydrogens is 2070 g/mol. The molecule has 4 saturated heterocycles. The third-order valence-corrected chi connectivity index (χ3v) is 27.9. The van der Waals surface area contributed by atoms with Crippen molar-refractivity contribution in [3.05, 3.63) is 269 Å². The van der Waals surface area contributed by atoms with Gasteiger partial charge in [-0.2, -0.15) is 0 Å². The minimum absolute atomic E-state index is 0. The number of hydrogen-bond acceptors (Lipinski definition) is 15. The van der Waals surface area contributed by atoms with Gasteiger partial charge in [-0.05, 0) is 236 Å². The summed E-state index contributed by atoms with van der Waals surface area (Å²) in [5.74, 6) is 4.67. The van der Waals surface area contributed by atoms with Crippen LogP contribution in [0.4, 0.5) is 4.79 Å². The van der Waals surface area contributed by atoms with Gasteiger partial charge in [0.25, 0.3) is 23.6 Å². The molecule has 8 heterocycles. The van der Waals surface area contributed by atoms with Crippen molar-refractivity contribution in [3.63, 3.8) is 0 Å². The second kappa shape index (κ2) is 45.7. The number of fused-ring (bicyclic) bond motifs is 4. The van der Waals surface area contributed by atoms with E-state index >= 15 is 0 Å². The Labute approximate surface area is 839 Å². The van der Waals surface area contributed by atoms with Gasteiger partial charge in [0.15, 0.2) is 0 Å². The van der Waals surface area contributed by atoms with Gasteiger partial charge in [-0.3, -0.25) is 19.2 Å². The summed E-state index contributed by atoms with van der Waals surface area (Å²) in [5, 5.41) is 20.3. The average Bonchev–Trinajstić information content (AvgIpc) is 0.733. The summed E-state index contributed by atoms with van der Waals surface area (Å²) >= 11 is 0. The number of nitrogens with zero attached hydrogens (tertiary/aromatic N) is 5. The molecule has 133 heavy (non-hydrogen) atoms. The van der Waals surface area contributed by atoms with E-state index < -0.39 is 11.2 Å². The van der Waals surface area contributed by atoms with Gasteiger partial charge in [0.1, 0.15) is 51.0 Å². The summed E-state index contributed by atoms with van der Waals surface area (Å²) in [6.45, 7) is 51.1. The number of carbonyl (C=O) groups is 5. The zero-order chi connectivity index (χ0) is 93.3. The van der Waals surface area contributed by atoms with E-state index in [1.165, 1.54) is 27.8 Å². The van der Waals surface area contributed by atoms with E-state index in [1.54, 1.807) is 24.1 Å². The number of piperidine rings is 4. The molecule has 2 radical (unpaired) electrons. The molecule has 8 aliphatic rings. The summed E-state index contributed by atoms with van der Waals surface area (Å²) in [6.07, 6.45) is 11.1. The SMILES string of the molecule is CCN(CC)C(=O)c1ccc(C2=C(C)C3(CCN(C(=O)OC(C)(C)C)CC3)Oc3c2[c-]c(C)c(C)c3C)cc1.CCN(CC)C(=O)c1ccc(C2=C(C)C3(CCNCC3)Oc3c2[c-]c(C)c(C)c3C)cc1.CCN(CC)C(=O)c1ccc(C2=CC3(CCNCC3)Oc3cc(O)ccc32)cc1.CCN(CC)C(=O)c1ccc(C2=CC3(CCNCC3)Oc3cc(OC)ccc32)cc1.[Ru+].[Ru+].[U]. The summed E-state index contributed by atoms with van der Waals surface area (Å²) in [5.41, 5.74) is 23.2. The number of hydrogen-bond donors (Lipinski definition) is 4. The zero-order valence-electron chi connectivity index (χ0n) is 81.7. The minimum Gasteiger partial charge on any atom is -0.528 e. The number of carbonyl (C=O) groups excluding carboxylic acids is 5. The molecule has 708 valence electrons. The van der Waals surface area contributed by atoms with E-state index in [0.717, 1.165) is 208 Å². The van der Waals surface area contributed by atoms with Gasteiger partial charge in [-0.15, -0.1) is 45.5 Å². The number of ether oxygens (including phenoxy) is 6. The van der Waals surface area contributed by atoms with Crippen molar-refractivity contribution in [1.82, 2.24) is 40.4 Å². The average molecular weight is 2200 g/mol. The maximum absolute atomic E-state index is 12.9. The van der Waals surface area contributed by atoms with Crippen molar-refractivity contribution >= 4 is 52.0 Å². The Hall–Kier alpha value is -9.15. The summed E-state index contributed by atoms with van der Waals surface area (Å²) in [4.78, 5) is 73.0. The van der Waals surface area contributed by atoms with Crippen LogP contribution >= 0.6 is 0 Å². The number of aryl methyl sites for hydroxylation is 2. The topological polar surface area (TPSA) is 213 Å². The number of likely N-dealkylation sites (tertiary alicyclic amines) is 1. The van der Waals surface area contributed by atoms with Gasteiger partial charge in [0.05, 0.1) is 7.11 Å². The van der Waals surface area contributed by atoms with E-state index in [9.17, 15) is 29.1 Å². The van der Waals surface area contributed by atoms with E-state index in [4.69, 9.17) is 28.4 Å². The Bertz CT molecular complexity index is 5600. The fraction of sp³-hybridized carbons (Fsp3) is 0.445. The Morgan fingerprint density at radius 1 is 0.421 bits per heavy atom. The number of phenols is 1. The minimum atomic E-state index is -0.531. The van der Waals surface area contributed by atoms with Crippen molar-refractivity contribution in [2.45, 2.75) is 211 Å². The first-order valence-corrected chi connectivity index (χ1v) is 47.2. The van der Waals surface area contributed by atoms with Gasteiger partial charge in [-0.25, -0.2) is 4.79 Å². The largest absolute Gasteiger partial charge is 1.00 e. The first kappa shape index (κ1) is 106. The maximum atomic E-state index is 12.9. The molecule has 4 spiro atoms. The molecule has 16 rings (SSSR count). The number of benzene rings is 8. The first-order chi connectivity index (χ1) is 62.3. The van der Waals surface area contributed by atoms with Crippen LogP contribution in [0.15, 0.2) is 157 Å². The molecule has 0 bridgehead atoms. The molecular formula is C110H136N8O12Ru2U. The second-order valence-electron chi connectivity index (χ2n) is 36.5. The first-order valence-electron chi connectivity index (χ1n) is 47.2. The molecule has 0 saturated carbocycles. The van der Waals surface area contributed by atoms with Crippen LogP contribution in [0.3, 0.4) is 0 Å². The Morgan fingerprint density at radius 3 is 1.07 bits per heavy atom. The van der Waals surface area contributed by atoms with Gasteiger partial charge >= 0.3 is 45.0 Å². The standard InChI is InChI=1S/C33H43N2O4.C28H35N2O2.C25H30N2O3.C24H28N2O3.2Ru.U/c1-10-34(11-2)30(36)26-14-12-25(13-15-26)28-24(6)33(38-29-23(5)22(4)21(3)20-27(28)29)16-18-35(19-17-33)31(37)39-32(7,8)9;1-7-30(8-2)27(31)23-11-9-22(10-12-23)25-21(6)28(13-15-29-16-14-28)32-26-20(5)19(4)18(3)17-24(25)26;1-4-27(5-2)24(28)19-8-6-18(7-9-19)22-17-25(12-14-26-15-13-25)30-23-16-20(29-3)10-11-21(22)23;1-3-26(4-2)23(28)18-7-5-17(6-8-18)21-16-24(11-13-25-14-12-24)29-22-15-19(27)9-10-20(21)22;;;/h12-15H,10-11,16-19H2,1-9H3;9-12,29H,7-8,13-16H2,1-6H3;6-11,16-17,26H,4-5,12-15H2,1-3H3;5-10,15-16,25,27H,3-4,11-14H2,1-2H3;;;/q2*-1;;;2*+1;. The summed E-state index contributed by atoms with van der Waals surface area (Å²) in [7, 11) is 1.67. The van der Waals surface area contributed by atoms with Crippen molar-refractivity contribution in [2.24, 2.45) is 0 Å². The fourth-order valence-electron chi connectivity index (χ4n) is 19.3.